The fraction of sp³-hybridized carbons (Fsp3) is 0.188. The van der Waals surface area contributed by atoms with Gasteiger partial charge in [0.15, 0.2) is 0 Å². The minimum Gasteiger partial charge on any atom is -0.478 e. The number of carboxylic acid groups (broad SMARTS) is 1. The maximum atomic E-state index is 11.1. The second kappa shape index (κ2) is 5.14. The monoisotopic (exact) mass is 255 g/mol. The predicted octanol–water partition coefficient (Wildman–Crippen LogP) is 3.43. The molecule has 0 bridgehead atoms. The summed E-state index contributed by atoms with van der Waals surface area (Å²) < 4.78 is 0. The molecule has 3 heteroatoms. The van der Waals surface area contributed by atoms with E-state index < -0.39 is 5.97 Å². The average Bonchev–Trinajstić information content (AvgIpc) is 2.38. The van der Waals surface area contributed by atoms with Crippen LogP contribution in [0.15, 0.2) is 42.5 Å². The number of aromatic carboxylic acids is 1. The van der Waals surface area contributed by atoms with Crippen LogP contribution in [0.5, 0.6) is 0 Å². The van der Waals surface area contributed by atoms with E-state index in [4.69, 9.17) is 5.11 Å². The van der Waals surface area contributed by atoms with Gasteiger partial charge in [-0.15, -0.1) is 0 Å². The molecule has 0 amide bonds. The van der Waals surface area contributed by atoms with Gasteiger partial charge in [0.1, 0.15) is 0 Å². The number of nitrogens with zero attached hydrogens (tertiary/aromatic N) is 1. The van der Waals surface area contributed by atoms with E-state index >= 15 is 0 Å². The predicted molar refractivity (Wildman–Crippen MR) is 77.9 cm³/mol. The number of hydrogen-bond acceptors (Lipinski definition) is 2. The molecule has 2 aromatic carbocycles. The fourth-order valence-electron chi connectivity index (χ4n) is 2.12. The van der Waals surface area contributed by atoms with Gasteiger partial charge in [0.05, 0.1) is 5.56 Å². The summed E-state index contributed by atoms with van der Waals surface area (Å²) in [5.41, 5.74) is 4.27. The zero-order valence-electron chi connectivity index (χ0n) is 11.3. The first-order valence-corrected chi connectivity index (χ1v) is 6.11. The maximum absolute atomic E-state index is 11.1. The van der Waals surface area contributed by atoms with Crippen molar-refractivity contribution >= 4 is 11.7 Å². The Bertz CT molecular complexity index is 601. The summed E-state index contributed by atoms with van der Waals surface area (Å²) in [5.74, 6) is -0.885. The van der Waals surface area contributed by atoms with Crippen LogP contribution in [0.3, 0.4) is 0 Å². The van der Waals surface area contributed by atoms with Gasteiger partial charge >= 0.3 is 5.97 Å². The minimum atomic E-state index is -0.885. The van der Waals surface area contributed by atoms with Gasteiger partial charge < -0.3 is 10.0 Å². The van der Waals surface area contributed by atoms with Crippen molar-refractivity contribution in [2.45, 2.75) is 6.92 Å². The lowest BCUT2D eigenvalue weighted by Gasteiger charge is -2.14. The highest BCUT2D eigenvalue weighted by Gasteiger charge is 2.11. The van der Waals surface area contributed by atoms with Crippen molar-refractivity contribution in [3.8, 4) is 11.1 Å². The molecule has 2 aromatic rings. The van der Waals surface area contributed by atoms with Crippen molar-refractivity contribution in [1.82, 2.24) is 0 Å². The zero-order chi connectivity index (χ0) is 14.0. The molecule has 0 atom stereocenters. The number of carbonyl (C=O) groups is 1. The van der Waals surface area contributed by atoms with E-state index in [1.165, 1.54) is 0 Å². The molecule has 0 unspecified atom stereocenters. The fourth-order valence-corrected chi connectivity index (χ4v) is 2.12. The first-order valence-electron chi connectivity index (χ1n) is 6.11. The largest absolute Gasteiger partial charge is 0.478 e. The summed E-state index contributed by atoms with van der Waals surface area (Å²) in [7, 11) is 3.98. The summed E-state index contributed by atoms with van der Waals surface area (Å²) in [4.78, 5) is 13.2. The van der Waals surface area contributed by atoms with Crippen molar-refractivity contribution in [3.05, 3.63) is 53.6 Å². The molecule has 0 aromatic heterocycles. The smallest absolute Gasteiger partial charge is 0.335 e. The van der Waals surface area contributed by atoms with Crippen LogP contribution in [0.4, 0.5) is 5.69 Å². The van der Waals surface area contributed by atoms with Gasteiger partial charge in [0, 0.05) is 19.8 Å². The van der Waals surface area contributed by atoms with Crippen LogP contribution < -0.4 is 4.90 Å². The number of anilines is 1. The molecule has 0 heterocycles. The van der Waals surface area contributed by atoms with Crippen molar-refractivity contribution < 1.29 is 9.90 Å². The summed E-state index contributed by atoms with van der Waals surface area (Å²) in [6.45, 7) is 1.85. The van der Waals surface area contributed by atoms with E-state index in [1.54, 1.807) is 12.1 Å². The molecule has 0 saturated heterocycles. The Morgan fingerprint density at radius 2 is 1.68 bits per heavy atom. The molecule has 2 rings (SSSR count). The van der Waals surface area contributed by atoms with Crippen LogP contribution in [-0.2, 0) is 0 Å². The lowest BCUT2D eigenvalue weighted by Crippen LogP contribution is -2.08. The molecule has 0 saturated carbocycles. The van der Waals surface area contributed by atoms with Crippen LogP contribution in [0.2, 0.25) is 0 Å². The molecule has 0 radical (unpaired) electrons. The SMILES string of the molecule is Cc1c(C(=O)O)cccc1-c1ccc(N(C)C)cc1. The number of carboxylic acids is 1. The molecule has 19 heavy (non-hydrogen) atoms. The topological polar surface area (TPSA) is 40.5 Å². The summed E-state index contributed by atoms with van der Waals surface area (Å²) in [5, 5.41) is 9.15. The molecular formula is C16H17NO2. The van der Waals surface area contributed by atoms with Crippen LogP contribution in [0, 0.1) is 6.92 Å². The molecule has 0 aliphatic carbocycles. The van der Waals surface area contributed by atoms with E-state index in [1.807, 2.05) is 56.3 Å². The first-order chi connectivity index (χ1) is 9.00. The molecule has 0 aliphatic rings. The quantitative estimate of drug-likeness (QED) is 0.913. The zero-order valence-corrected chi connectivity index (χ0v) is 11.3. The third-order valence-electron chi connectivity index (χ3n) is 3.26. The van der Waals surface area contributed by atoms with E-state index in [0.29, 0.717) is 5.56 Å². The van der Waals surface area contributed by atoms with Crippen LogP contribution in [0.1, 0.15) is 15.9 Å². The molecular weight excluding hydrogens is 238 g/mol. The summed E-state index contributed by atoms with van der Waals surface area (Å²) in [6.07, 6.45) is 0. The third-order valence-corrected chi connectivity index (χ3v) is 3.26. The minimum absolute atomic E-state index is 0.356. The van der Waals surface area contributed by atoms with Gasteiger partial charge in [-0.25, -0.2) is 4.79 Å². The molecule has 1 N–H and O–H groups in total. The standard InChI is InChI=1S/C16H17NO2/c1-11-14(5-4-6-15(11)16(18)19)12-7-9-13(10-8-12)17(2)3/h4-10H,1-3H3,(H,18,19). The van der Waals surface area contributed by atoms with Gasteiger partial charge in [-0.3, -0.25) is 0 Å². The Morgan fingerprint density at radius 1 is 1.05 bits per heavy atom. The highest BCUT2D eigenvalue weighted by molar-refractivity contribution is 5.92. The Balaban J connectivity index is 2.47. The Kier molecular flexibility index (Phi) is 3.56. The molecule has 0 fully saturated rings. The Hall–Kier alpha value is -2.29. The van der Waals surface area contributed by atoms with Gasteiger partial charge in [0.25, 0.3) is 0 Å². The highest BCUT2D eigenvalue weighted by atomic mass is 16.4. The second-order valence-corrected chi connectivity index (χ2v) is 4.72. The molecule has 0 spiro atoms. The van der Waals surface area contributed by atoms with Gasteiger partial charge in [-0.2, -0.15) is 0 Å². The van der Waals surface area contributed by atoms with Gasteiger partial charge in [-0.05, 0) is 41.8 Å². The molecule has 0 aliphatic heterocycles. The first kappa shape index (κ1) is 13.1. The number of benzene rings is 2. The number of rotatable bonds is 3. The normalized spacial score (nSPS) is 10.3. The lowest BCUT2D eigenvalue weighted by molar-refractivity contribution is 0.0696. The highest BCUT2D eigenvalue weighted by Crippen LogP contribution is 2.27. The van der Waals surface area contributed by atoms with Crippen molar-refractivity contribution in [2.75, 3.05) is 19.0 Å². The summed E-state index contributed by atoms with van der Waals surface area (Å²) in [6, 6.07) is 13.5. The van der Waals surface area contributed by atoms with Gasteiger partial charge in [0.2, 0.25) is 0 Å². The maximum Gasteiger partial charge on any atom is 0.335 e. The number of hydrogen-bond donors (Lipinski definition) is 1. The second-order valence-electron chi connectivity index (χ2n) is 4.72. The van der Waals surface area contributed by atoms with E-state index in [0.717, 1.165) is 22.4 Å². The van der Waals surface area contributed by atoms with Gasteiger partial charge in [-0.1, -0.05) is 24.3 Å². The Morgan fingerprint density at radius 3 is 2.21 bits per heavy atom. The van der Waals surface area contributed by atoms with Crippen LogP contribution in [-0.4, -0.2) is 25.2 Å². The van der Waals surface area contributed by atoms with E-state index in [-0.39, 0.29) is 0 Å². The van der Waals surface area contributed by atoms with E-state index in [2.05, 4.69) is 0 Å². The summed E-state index contributed by atoms with van der Waals surface area (Å²) >= 11 is 0. The Labute approximate surface area is 113 Å². The average molecular weight is 255 g/mol. The molecule has 3 nitrogen and oxygen atoms in total. The third kappa shape index (κ3) is 2.60. The molecule has 98 valence electrons. The van der Waals surface area contributed by atoms with Crippen molar-refractivity contribution in [1.29, 1.82) is 0 Å². The van der Waals surface area contributed by atoms with E-state index in [9.17, 15) is 4.79 Å². The van der Waals surface area contributed by atoms with Crippen LogP contribution >= 0.6 is 0 Å². The van der Waals surface area contributed by atoms with Crippen LogP contribution in [0.25, 0.3) is 11.1 Å². The lowest BCUT2D eigenvalue weighted by atomic mass is 9.96. The van der Waals surface area contributed by atoms with Crippen molar-refractivity contribution in [3.63, 3.8) is 0 Å². The van der Waals surface area contributed by atoms with Crippen molar-refractivity contribution in [2.24, 2.45) is 0 Å².